The van der Waals surface area contributed by atoms with Gasteiger partial charge in [0.15, 0.2) is 11.7 Å². The van der Waals surface area contributed by atoms with E-state index in [0.717, 1.165) is 16.8 Å². The molecule has 1 unspecified atom stereocenters. The molecule has 1 aliphatic carbocycles. The first kappa shape index (κ1) is 23.0. The van der Waals surface area contributed by atoms with E-state index in [2.05, 4.69) is 20.9 Å². The van der Waals surface area contributed by atoms with E-state index in [-0.39, 0.29) is 17.5 Å². The van der Waals surface area contributed by atoms with Gasteiger partial charge in [0.25, 0.3) is 0 Å². The molecule has 2 amide bonds. The third-order valence-electron chi connectivity index (χ3n) is 4.77. The molecule has 0 saturated carbocycles. The van der Waals surface area contributed by atoms with Gasteiger partial charge in [0.2, 0.25) is 0 Å². The number of allylic oxidation sites excluding steroid dienone is 3. The van der Waals surface area contributed by atoms with E-state index in [0.29, 0.717) is 41.9 Å². The summed E-state index contributed by atoms with van der Waals surface area (Å²) in [6.45, 7) is 4.65. The number of halogens is 2. The van der Waals surface area contributed by atoms with Gasteiger partial charge in [0.05, 0.1) is 24.2 Å². The monoisotopic (exact) mass is 464 g/mol. The number of carbonyl (C=O) groups is 1. The molecule has 1 aromatic heterocycles. The van der Waals surface area contributed by atoms with Gasteiger partial charge in [-0.3, -0.25) is 0 Å². The van der Waals surface area contributed by atoms with Crippen LogP contribution in [-0.4, -0.2) is 42.6 Å². The van der Waals surface area contributed by atoms with Gasteiger partial charge in [-0.15, -0.1) is 11.6 Å². The molecule has 2 aromatic rings. The second kappa shape index (κ2) is 10.6. The molecular formula is C22H26Cl2N4O3. The van der Waals surface area contributed by atoms with Crippen molar-refractivity contribution in [2.45, 2.75) is 31.7 Å². The van der Waals surface area contributed by atoms with Crippen LogP contribution in [0.25, 0.3) is 11.3 Å². The molecule has 0 fully saturated rings. The highest BCUT2D eigenvalue weighted by Gasteiger charge is 2.16. The van der Waals surface area contributed by atoms with Crippen LogP contribution in [0, 0.1) is 6.92 Å². The van der Waals surface area contributed by atoms with Crippen LogP contribution in [0.15, 0.2) is 51.6 Å². The Morgan fingerprint density at radius 2 is 2.16 bits per heavy atom. The number of hydrogen-bond donors (Lipinski definition) is 3. The Hall–Kier alpha value is -2.64. The molecule has 9 heteroatoms. The number of nitrogens with zero attached hydrogens (tertiary/aromatic N) is 1. The van der Waals surface area contributed by atoms with Gasteiger partial charge in [0, 0.05) is 42.8 Å². The van der Waals surface area contributed by atoms with Gasteiger partial charge in [-0.25, -0.2) is 9.78 Å². The van der Waals surface area contributed by atoms with E-state index in [1.165, 1.54) is 0 Å². The normalized spacial score (nSPS) is 16.7. The zero-order valence-corrected chi connectivity index (χ0v) is 19.2. The Kier molecular flexibility index (Phi) is 7.87. The lowest BCUT2D eigenvalue weighted by atomic mass is 10.0. The molecule has 0 spiro atoms. The van der Waals surface area contributed by atoms with Gasteiger partial charge in [-0.2, -0.15) is 0 Å². The lowest BCUT2D eigenvalue weighted by molar-refractivity contribution is 0.241. The van der Waals surface area contributed by atoms with Gasteiger partial charge in [-0.1, -0.05) is 17.7 Å². The summed E-state index contributed by atoms with van der Waals surface area (Å²) in [7, 11) is 1.61. The maximum Gasteiger partial charge on any atom is 0.315 e. The fourth-order valence-corrected chi connectivity index (χ4v) is 3.55. The molecule has 0 saturated heterocycles. The summed E-state index contributed by atoms with van der Waals surface area (Å²) in [5.74, 6) is 1.92. The quantitative estimate of drug-likeness (QED) is 0.487. The Morgan fingerprint density at radius 1 is 1.35 bits per heavy atom. The summed E-state index contributed by atoms with van der Waals surface area (Å²) in [5, 5.41) is 9.44. The number of urea groups is 1. The molecule has 1 aromatic carbocycles. The van der Waals surface area contributed by atoms with Gasteiger partial charge in [-0.05, 0) is 37.1 Å². The number of ether oxygens (including phenoxy) is 1. The second-order valence-corrected chi connectivity index (χ2v) is 8.28. The smallest absolute Gasteiger partial charge is 0.315 e. The predicted molar refractivity (Wildman–Crippen MR) is 124 cm³/mol. The average Bonchev–Trinajstić information content (AvgIpc) is 3.19. The van der Waals surface area contributed by atoms with E-state index >= 15 is 0 Å². The number of nitrogens with one attached hydrogen (secondary N) is 3. The third kappa shape index (κ3) is 6.42. The number of hydrogen-bond acceptors (Lipinski definition) is 5. The molecule has 3 N–H and O–H groups in total. The van der Waals surface area contributed by atoms with E-state index < -0.39 is 0 Å². The number of benzene rings is 1. The molecule has 2 atom stereocenters. The molecule has 0 aliphatic heterocycles. The van der Waals surface area contributed by atoms with Crippen LogP contribution in [0.3, 0.4) is 0 Å². The first-order valence-corrected chi connectivity index (χ1v) is 10.8. The number of anilines is 1. The van der Waals surface area contributed by atoms with Crippen LogP contribution in [0.2, 0.25) is 0 Å². The van der Waals surface area contributed by atoms with Gasteiger partial charge < -0.3 is 25.1 Å². The van der Waals surface area contributed by atoms with Crippen LogP contribution in [-0.2, 0) is 0 Å². The van der Waals surface area contributed by atoms with Gasteiger partial charge >= 0.3 is 6.03 Å². The van der Waals surface area contributed by atoms with Gasteiger partial charge in [0.1, 0.15) is 5.75 Å². The number of rotatable bonds is 8. The first-order chi connectivity index (χ1) is 14.9. The second-order valence-electron chi connectivity index (χ2n) is 7.32. The molecule has 0 bridgehead atoms. The first-order valence-electron chi connectivity index (χ1n) is 9.94. The zero-order valence-electron chi connectivity index (χ0n) is 17.7. The molecule has 1 heterocycles. The standard InChI is InChI=1S/C22H26Cl2N4O3/c1-13(10-26-22(29)27-11-15-4-7-18(23)19(24)8-15)28-16-5-6-17(20(9-16)30-3)21-12-25-14(2)31-21/h4-7,9,12-13,19,28H,8,10-11H2,1-3H3,(H2,26,27,29)/t13-,19?/m0/s1. The Labute approximate surface area is 191 Å². The minimum absolute atomic E-state index is 0.00307. The van der Waals surface area contributed by atoms with Crippen LogP contribution in [0.4, 0.5) is 10.5 Å². The van der Waals surface area contributed by atoms with Crippen molar-refractivity contribution in [2.24, 2.45) is 0 Å². The topological polar surface area (TPSA) is 88.4 Å². The fraction of sp³-hybridized carbons (Fsp3) is 0.364. The maximum atomic E-state index is 12.1. The summed E-state index contributed by atoms with van der Waals surface area (Å²) in [6, 6.07) is 5.49. The molecule has 0 radical (unpaired) electrons. The van der Waals surface area contributed by atoms with E-state index in [9.17, 15) is 4.79 Å². The average molecular weight is 465 g/mol. The highest BCUT2D eigenvalue weighted by atomic mass is 35.5. The van der Waals surface area contributed by atoms with Crippen molar-refractivity contribution < 1.29 is 13.9 Å². The number of aryl methyl sites for hydroxylation is 1. The lowest BCUT2D eigenvalue weighted by Crippen LogP contribution is -2.41. The molecule has 7 nitrogen and oxygen atoms in total. The van der Waals surface area contributed by atoms with E-state index in [1.54, 1.807) is 26.3 Å². The number of alkyl halides is 1. The van der Waals surface area contributed by atoms with Crippen LogP contribution < -0.4 is 20.7 Å². The van der Waals surface area contributed by atoms with Crippen molar-refractivity contribution in [3.8, 4) is 17.1 Å². The summed E-state index contributed by atoms with van der Waals surface area (Å²) in [5.41, 5.74) is 2.72. The van der Waals surface area contributed by atoms with Crippen molar-refractivity contribution in [3.05, 3.63) is 53.0 Å². The molecular weight excluding hydrogens is 439 g/mol. The summed E-state index contributed by atoms with van der Waals surface area (Å²) < 4.78 is 11.1. The fourth-order valence-electron chi connectivity index (χ4n) is 3.14. The Balaban J connectivity index is 1.48. The van der Waals surface area contributed by atoms with Crippen molar-refractivity contribution in [2.75, 3.05) is 25.5 Å². The van der Waals surface area contributed by atoms with Crippen molar-refractivity contribution in [1.29, 1.82) is 0 Å². The Bertz CT molecular complexity index is 987. The highest BCUT2D eigenvalue weighted by Crippen LogP contribution is 2.33. The highest BCUT2D eigenvalue weighted by molar-refractivity contribution is 6.37. The minimum Gasteiger partial charge on any atom is -0.496 e. The number of carbonyl (C=O) groups excluding carboxylic acids is 1. The van der Waals surface area contributed by atoms with Crippen LogP contribution in [0.5, 0.6) is 5.75 Å². The summed E-state index contributed by atoms with van der Waals surface area (Å²) in [6.07, 6.45) is 5.96. The van der Waals surface area contributed by atoms with Crippen LogP contribution in [0.1, 0.15) is 19.2 Å². The molecule has 31 heavy (non-hydrogen) atoms. The summed E-state index contributed by atoms with van der Waals surface area (Å²) >= 11 is 12.1. The predicted octanol–water partition coefficient (Wildman–Crippen LogP) is 4.82. The summed E-state index contributed by atoms with van der Waals surface area (Å²) in [4.78, 5) is 16.2. The molecule has 166 valence electrons. The van der Waals surface area contributed by atoms with Crippen molar-refractivity contribution in [3.63, 3.8) is 0 Å². The largest absolute Gasteiger partial charge is 0.496 e. The van der Waals surface area contributed by atoms with E-state index in [1.807, 2.05) is 31.2 Å². The zero-order chi connectivity index (χ0) is 22.4. The third-order valence-corrected chi connectivity index (χ3v) is 5.66. The number of methoxy groups -OCH3 is 1. The lowest BCUT2D eigenvalue weighted by Gasteiger charge is -2.19. The number of oxazole rings is 1. The molecule has 3 rings (SSSR count). The van der Waals surface area contributed by atoms with Crippen molar-refractivity contribution in [1.82, 2.24) is 15.6 Å². The van der Waals surface area contributed by atoms with Crippen LogP contribution >= 0.6 is 23.2 Å². The molecule has 1 aliphatic rings. The SMILES string of the molecule is COc1cc(N[C@@H](C)CNC(=O)NCC2=CC=C(Cl)C(Cl)C2)ccc1-c1cnc(C)o1. The minimum atomic E-state index is -0.241. The number of amides is 2. The van der Waals surface area contributed by atoms with E-state index in [4.69, 9.17) is 32.4 Å². The maximum absolute atomic E-state index is 12.1. The number of aromatic nitrogens is 1. The Morgan fingerprint density at radius 3 is 2.84 bits per heavy atom. The van der Waals surface area contributed by atoms with Crippen molar-refractivity contribution >= 4 is 34.9 Å².